The Morgan fingerprint density at radius 3 is 2.62 bits per heavy atom. The van der Waals surface area contributed by atoms with E-state index in [2.05, 4.69) is 20.7 Å². The van der Waals surface area contributed by atoms with Gasteiger partial charge in [-0.25, -0.2) is 0 Å². The molecule has 1 unspecified atom stereocenters. The van der Waals surface area contributed by atoms with E-state index in [1.807, 2.05) is 37.7 Å². The Morgan fingerprint density at radius 2 is 2.05 bits per heavy atom. The van der Waals surface area contributed by atoms with Crippen LogP contribution in [-0.2, 0) is 17.3 Å². The van der Waals surface area contributed by atoms with Crippen LogP contribution in [0.25, 0.3) is 0 Å². The molecule has 0 amide bonds. The second-order valence-corrected chi connectivity index (χ2v) is 8.03. The quantitative estimate of drug-likeness (QED) is 0.447. The fraction of sp³-hybridized carbons (Fsp3) is 0.714. The largest absolute Gasteiger partial charge is 0.356 e. The van der Waals surface area contributed by atoms with E-state index in [0.29, 0.717) is 12.3 Å². The molecule has 1 heterocycles. The van der Waals surface area contributed by atoms with Gasteiger partial charge in [0, 0.05) is 60.4 Å². The van der Waals surface area contributed by atoms with Crippen LogP contribution < -0.4 is 10.6 Å². The summed E-state index contributed by atoms with van der Waals surface area (Å²) in [7, 11) is 0.899. The molecule has 0 bridgehead atoms. The van der Waals surface area contributed by atoms with E-state index < -0.39 is 10.8 Å². The lowest BCUT2D eigenvalue weighted by Gasteiger charge is -2.18. The second kappa shape index (κ2) is 8.81. The van der Waals surface area contributed by atoms with Crippen LogP contribution in [-0.4, -0.2) is 50.6 Å². The molecule has 0 saturated heterocycles. The van der Waals surface area contributed by atoms with Crippen LogP contribution in [0.3, 0.4) is 0 Å². The van der Waals surface area contributed by atoms with E-state index in [-0.39, 0.29) is 4.75 Å². The minimum Gasteiger partial charge on any atom is -0.356 e. The molecule has 1 aromatic heterocycles. The van der Waals surface area contributed by atoms with Gasteiger partial charge < -0.3 is 10.6 Å². The predicted octanol–water partition coefficient (Wildman–Crippen LogP) is 0.985. The highest BCUT2D eigenvalue weighted by Gasteiger charge is 2.18. The van der Waals surface area contributed by atoms with Crippen molar-refractivity contribution in [2.75, 3.05) is 25.9 Å². The lowest BCUT2D eigenvalue weighted by Crippen LogP contribution is -2.40. The van der Waals surface area contributed by atoms with Crippen molar-refractivity contribution in [1.29, 1.82) is 0 Å². The fourth-order valence-electron chi connectivity index (χ4n) is 1.67. The summed E-state index contributed by atoms with van der Waals surface area (Å²) in [5, 5.41) is 10.6. The van der Waals surface area contributed by atoms with Crippen molar-refractivity contribution in [1.82, 2.24) is 20.4 Å². The third-order valence-electron chi connectivity index (χ3n) is 2.90. The lowest BCUT2D eigenvalue weighted by atomic mass is 10.3. The van der Waals surface area contributed by atoms with Crippen molar-refractivity contribution >= 4 is 16.8 Å². The first-order valence-corrected chi connectivity index (χ1v) is 8.56. The molecule has 0 fully saturated rings. The highest BCUT2D eigenvalue weighted by atomic mass is 32.2. The first-order chi connectivity index (χ1) is 9.93. The summed E-state index contributed by atoms with van der Waals surface area (Å²) in [4.78, 5) is 4.15. The summed E-state index contributed by atoms with van der Waals surface area (Å²) in [5.74, 6) is 1.37. The Bertz CT molecular complexity index is 450. The number of hydrogen-bond acceptors (Lipinski definition) is 3. The summed E-state index contributed by atoms with van der Waals surface area (Å²) in [6.07, 6.45) is 4.70. The molecule has 7 heteroatoms. The van der Waals surface area contributed by atoms with Crippen LogP contribution in [0.15, 0.2) is 23.5 Å². The molecule has 1 rings (SSSR count). The van der Waals surface area contributed by atoms with Gasteiger partial charge in [-0.3, -0.25) is 13.9 Å². The van der Waals surface area contributed by atoms with Gasteiger partial charge in [0.2, 0.25) is 0 Å². The standard InChI is InChI=1S/C14H27N5OS/c1-14(2,3)21(20)12-9-17-13(15-4)16-7-5-10-19-11-6-8-18-19/h6,8,11H,5,7,9-10,12H2,1-4H3,(H2,15,16,17). The van der Waals surface area contributed by atoms with Gasteiger partial charge in [-0.1, -0.05) is 0 Å². The van der Waals surface area contributed by atoms with Gasteiger partial charge in [-0.2, -0.15) is 5.10 Å². The lowest BCUT2D eigenvalue weighted by molar-refractivity contribution is 0.570. The van der Waals surface area contributed by atoms with Gasteiger partial charge in [0.05, 0.1) is 0 Å². The first-order valence-electron chi connectivity index (χ1n) is 7.24. The monoisotopic (exact) mass is 313 g/mol. The van der Waals surface area contributed by atoms with Crippen LogP contribution in [0.4, 0.5) is 0 Å². The van der Waals surface area contributed by atoms with Gasteiger partial charge in [-0.15, -0.1) is 0 Å². The molecule has 0 aliphatic rings. The van der Waals surface area contributed by atoms with Gasteiger partial charge in [0.15, 0.2) is 5.96 Å². The minimum atomic E-state index is -0.840. The zero-order chi connectivity index (χ0) is 15.7. The van der Waals surface area contributed by atoms with E-state index in [0.717, 1.165) is 25.5 Å². The maximum absolute atomic E-state index is 11.9. The summed E-state index contributed by atoms with van der Waals surface area (Å²) >= 11 is 0. The minimum absolute atomic E-state index is 0.164. The molecule has 0 radical (unpaired) electrons. The Balaban J connectivity index is 2.16. The van der Waals surface area contributed by atoms with Crippen LogP contribution >= 0.6 is 0 Å². The zero-order valence-corrected chi connectivity index (χ0v) is 14.2. The molecule has 0 aliphatic heterocycles. The highest BCUT2D eigenvalue weighted by molar-refractivity contribution is 7.86. The molecule has 0 aromatic carbocycles. The summed E-state index contributed by atoms with van der Waals surface area (Å²) in [6, 6.07) is 1.92. The van der Waals surface area contributed by atoms with Crippen LogP contribution in [0.5, 0.6) is 0 Å². The third kappa shape index (κ3) is 7.27. The fourth-order valence-corrected chi connectivity index (χ4v) is 2.57. The number of guanidine groups is 1. The second-order valence-electron chi connectivity index (χ2n) is 5.71. The van der Waals surface area contributed by atoms with Gasteiger partial charge in [-0.05, 0) is 33.3 Å². The van der Waals surface area contributed by atoms with E-state index >= 15 is 0 Å². The Kier molecular flexibility index (Phi) is 7.42. The van der Waals surface area contributed by atoms with Crippen molar-refractivity contribution in [2.45, 2.75) is 38.5 Å². The van der Waals surface area contributed by atoms with Crippen LogP contribution in [0.1, 0.15) is 27.2 Å². The Labute approximate surface area is 129 Å². The summed E-state index contributed by atoms with van der Waals surface area (Å²) < 4.78 is 13.7. The van der Waals surface area contributed by atoms with Crippen molar-refractivity contribution in [2.24, 2.45) is 4.99 Å². The van der Waals surface area contributed by atoms with E-state index in [9.17, 15) is 4.21 Å². The number of rotatable bonds is 7. The molecular formula is C14H27N5OS. The molecule has 0 aliphatic carbocycles. The molecule has 0 spiro atoms. The number of aliphatic imine (C=N–C) groups is 1. The average molecular weight is 313 g/mol. The third-order valence-corrected chi connectivity index (χ3v) is 4.84. The van der Waals surface area contributed by atoms with Gasteiger partial charge in [0.25, 0.3) is 0 Å². The predicted molar refractivity (Wildman–Crippen MR) is 89.0 cm³/mol. The topological polar surface area (TPSA) is 71.3 Å². The summed E-state index contributed by atoms with van der Waals surface area (Å²) in [5.41, 5.74) is 0. The average Bonchev–Trinajstić information content (AvgIpc) is 2.93. The van der Waals surface area contributed by atoms with Gasteiger partial charge >= 0.3 is 0 Å². The molecular weight excluding hydrogens is 286 g/mol. The smallest absolute Gasteiger partial charge is 0.191 e. The van der Waals surface area contributed by atoms with Gasteiger partial charge in [0.1, 0.15) is 0 Å². The Hall–Kier alpha value is -1.37. The molecule has 2 N–H and O–H groups in total. The SMILES string of the molecule is CN=C(NCCCn1cccn1)NCCS(=O)C(C)(C)C. The van der Waals surface area contributed by atoms with Crippen LogP contribution in [0.2, 0.25) is 0 Å². The normalized spacial score (nSPS) is 14.0. The van der Waals surface area contributed by atoms with E-state index in [1.165, 1.54) is 0 Å². The molecule has 0 saturated carbocycles. The highest BCUT2D eigenvalue weighted by Crippen LogP contribution is 2.10. The molecule has 1 atom stereocenters. The first kappa shape index (κ1) is 17.7. The Morgan fingerprint density at radius 1 is 1.33 bits per heavy atom. The van der Waals surface area contributed by atoms with E-state index in [1.54, 1.807) is 13.2 Å². The summed E-state index contributed by atoms with van der Waals surface area (Å²) in [6.45, 7) is 8.33. The number of nitrogens with zero attached hydrogens (tertiary/aromatic N) is 3. The zero-order valence-electron chi connectivity index (χ0n) is 13.4. The number of nitrogens with one attached hydrogen (secondary N) is 2. The molecule has 6 nitrogen and oxygen atoms in total. The van der Waals surface area contributed by atoms with Crippen molar-refractivity contribution < 1.29 is 4.21 Å². The molecule has 1 aromatic rings. The molecule has 120 valence electrons. The maximum atomic E-state index is 11.9. The van der Waals surface area contributed by atoms with E-state index in [4.69, 9.17) is 0 Å². The number of aryl methyl sites for hydroxylation is 1. The number of hydrogen-bond donors (Lipinski definition) is 2. The molecule has 21 heavy (non-hydrogen) atoms. The van der Waals surface area contributed by atoms with Crippen molar-refractivity contribution in [3.8, 4) is 0 Å². The van der Waals surface area contributed by atoms with Crippen molar-refractivity contribution in [3.63, 3.8) is 0 Å². The maximum Gasteiger partial charge on any atom is 0.191 e. The van der Waals surface area contributed by atoms with Crippen molar-refractivity contribution in [3.05, 3.63) is 18.5 Å². The van der Waals surface area contributed by atoms with Crippen LogP contribution in [0, 0.1) is 0 Å². The number of aromatic nitrogens is 2.